The van der Waals surface area contributed by atoms with Gasteiger partial charge >= 0.3 is 0 Å². The van der Waals surface area contributed by atoms with Crippen molar-refractivity contribution in [3.05, 3.63) is 34.8 Å². The third kappa shape index (κ3) is 3.31. The Morgan fingerprint density at radius 1 is 1.08 bits per heavy atom. The van der Waals surface area contributed by atoms with Crippen LogP contribution in [0.2, 0.25) is 0 Å². The molecule has 0 spiro atoms. The maximum atomic E-state index is 12.6. The number of hydrogen-bond donors (Lipinski definition) is 0. The number of rotatable bonds is 4. The predicted octanol–water partition coefficient (Wildman–Crippen LogP) is 2.43. The molecule has 0 unspecified atom stereocenters. The van der Waals surface area contributed by atoms with E-state index in [9.17, 15) is 4.79 Å². The highest BCUT2D eigenvalue weighted by atomic mass is 32.1. The first-order valence-corrected chi connectivity index (χ1v) is 8.58. The molecule has 0 N–H and O–H groups in total. The number of carbonyl (C=O) groups excluding carboxylic acids is 1. The smallest absolute Gasteiger partial charge is 0.265 e. The molecule has 1 aromatic carbocycles. The molecule has 1 fully saturated rings. The number of nitrogens with zero attached hydrogens (tertiary/aromatic N) is 3. The van der Waals surface area contributed by atoms with Gasteiger partial charge in [-0.15, -0.1) is 0 Å². The molecular weight excluding hydrogens is 326 g/mol. The zero-order chi connectivity index (χ0) is 17.1. The second kappa shape index (κ2) is 7.09. The highest BCUT2D eigenvalue weighted by Gasteiger charge is 2.24. The molecule has 2 aromatic rings. The van der Waals surface area contributed by atoms with E-state index >= 15 is 0 Å². The second-order valence-electron chi connectivity index (χ2n) is 5.69. The van der Waals surface area contributed by atoms with Crippen molar-refractivity contribution in [3.63, 3.8) is 0 Å². The summed E-state index contributed by atoms with van der Waals surface area (Å²) in [5.74, 6) is 1.61. The molecule has 2 heterocycles. The summed E-state index contributed by atoms with van der Waals surface area (Å²) in [6, 6.07) is 5.84. The van der Waals surface area contributed by atoms with Crippen LogP contribution in [0, 0.1) is 6.92 Å². The van der Waals surface area contributed by atoms with E-state index in [1.54, 1.807) is 20.4 Å². The maximum Gasteiger partial charge on any atom is 0.265 e. The second-order valence-corrected chi connectivity index (χ2v) is 6.49. The summed E-state index contributed by atoms with van der Waals surface area (Å²) in [4.78, 5) is 17.4. The van der Waals surface area contributed by atoms with Crippen LogP contribution >= 0.6 is 11.5 Å². The average molecular weight is 347 g/mol. The molecule has 1 aliphatic rings. The monoisotopic (exact) mass is 347 g/mol. The molecule has 0 atom stereocenters. The Morgan fingerprint density at radius 2 is 1.71 bits per heavy atom. The molecule has 1 aromatic heterocycles. The molecular formula is C17H21N3O3S. The van der Waals surface area contributed by atoms with E-state index in [1.807, 2.05) is 30.0 Å². The molecule has 0 aliphatic carbocycles. The molecule has 3 rings (SSSR count). The first-order valence-electron chi connectivity index (χ1n) is 7.81. The lowest BCUT2D eigenvalue weighted by atomic mass is 10.2. The zero-order valence-corrected chi connectivity index (χ0v) is 14.9. The largest absolute Gasteiger partial charge is 0.497 e. The SMILES string of the molecule is COc1cc(OC)cc(N2CCN(C(=O)c3sncc3C)CC2)c1. The minimum absolute atomic E-state index is 0.0814. The Bertz CT molecular complexity index is 701. The highest BCUT2D eigenvalue weighted by molar-refractivity contribution is 7.08. The van der Waals surface area contributed by atoms with Crippen LogP contribution in [0.5, 0.6) is 11.5 Å². The van der Waals surface area contributed by atoms with Crippen LogP contribution in [-0.4, -0.2) is 55.6 Å². The van der Waals surface area contributed by atoms with Crippen LogP contribution in [0.1, 0.15) is 15.2 Å². The number of amides is 1. The molecule has 7 heteroatoms. The van der Waals surface area contributed by atoms with E-state index in [2.05, 4.69) is 9.27 Å². The van der Waals surface area contributed by atoms with Crippen molar-refractivity contribution in [2.75, 3.05) is 45.3 Å². The molecule has 1 amide bonds. The van der Waals surface area contributed by atoms with Crippen molar-refractivity contribution in [1.82, 2.24) is 9.27 Å². The van der Waals surface area contributed by atoms with Gasteiger partial charge < -0.3 is 19.3 Å². The standard InChI is InChI=1S/C17H21N3O3S/c1-12-11-18-24-16(12)17(21)20-6-4-19(5-7-20)13-8-14(22-2)10-15(9-13)23-3/h8-11H,4-7H2,1-3H3. The summed E-state index contributed by atoms with van der Waals surface area (Å²) in [5.41, 5.74) is 2.00. The van der Waals surface area contributed by atoms with Gasteiger partial charge in [0.05, 0.1) is 14.2 Å². The van der Waals surface area contributed by atoms with Gasteiger partial charge in [-0.25, -0.2) is 4.37 Å². The summed E-state index contributed by atoms with van der Waals surface area (Å²) in [6.45, 7) is 4.86. The number of aromatic nitrogens is 1. The molecule has 128 valence electrons. The number of hydrogen-bond acceptors (Lipinski definition) is 6. The molecule has 1 aliphatic heterocycles. The molecule has 1 saturated heterocycles. The third-order valence-electron chi connectivity index (χ3n) is 4.21. The summed E-state index contributed by atoms with van der Waals surface area (Å²) in [6.07, 6.45) is 1.75. The number of ether oxygens (including phenoxy) is 2. The maximum absolute atomic E-state index is 12.6. The van der Waals surface area contributed by atoms with Crippen LogP contribution in [0.3, 0.4) is 0 Å². The van der Waals surface area contributed by atoms with Gasteiger partial charge in [-0.05, 0) is 24.0 Å². The minimum atomic E-state index is 0.0814. The van der Waals surface area contributed by atoms with Gasteiger partial charge in [0.15, 0.2) is 0 Å². The fourth-order valence-electron chi connectivity index (χ4n) is 2.78. The highest BCUT2D eigenvalue weighted by Crippen LogP contribution is 2.29. The first kappa shape index (κ1) is 16.6. The Hall–Kier alpha value is -2.28. The van der Waals surface area contributed by atoms with Gasteiger partial charge in [-0.3, -0.25) is 4.79 Å². The van der Waals surface area contributed by atoms with Gasteiger partial charge in [-0.1, -0.05) is 0 Å². The van der Waals surface area contributed by atoms with E-state index < -0.39 is 0 Å². The van der Waals surface area contributed by atoms with E-state index in [-0.39, 0.29) is 5.91 Å². The van der Waals surface area contributed by atoms with Crippen molar-refractivity contribution in [2.24, 2.45) is 0 Å². The summed E-state index contributed by atoms with van der Waals surface area (Å²) in [5, 5.41) is 0. The minimum Gasteiger partial charge on any atom is -0.497 e. The quantitative estimate of drug-likeness (QED) is 0.850. The lowest BCUT2D eigenvalue weighted by molar-refractivity contribution is 0.0751. The fourth-order valence-corrected chi connectivity index (χ4v) is 3.50. The van der Waals surface area contributed by atoms with Crippen molar-refractivity contribution >= 4 is 23.1 Å². The van der Waals surface area contributed by atoms with Crippen LogP contribution in [0.25, 0.3) is 0 Å². The van der Waals surface area contributed by atoms with Crippen LogP contribution in [-0.2, 0) is 0 Å². The van der Waals surface area contributed by atoms with Gasteiger partial charge in [0.25, 0.3) is 5.91 Å². The summed E-state index contributed by atoms with van der Waals surface area (Å²) in [7, 11) is 3.29. The van der Waals surface area contributed by atoms with Crippen molar-refractivity contribution in [2.45, 2.75) is 6.92 Å². The van der Waals surface area contributed by atoms with Crippen LogP contribution in [0.15, 0.2) is 24.4 Å². The van der Waals surface area contributed by atoms with E-state index in [1.165, 1.54) is 11.5 Å². The number of aryl methyl sites for hydroxylation is 1. The van der Waals surface area contributed by atoms with Gasteiger partial charge in [0.1, 0.15) is 16.4 Å². The molecule has 6 nitrogen and oxygen atoms in total. The van der Waals surface area contributed by atoms with Crippen molar-refractivity contribution in [1.29, 1.82) is 0 Å². The zero-order valence-electron chi connectivity index (χ0n) is 14.1. The topological polar surface area (TPSA) is 54.9 Å². The lowest BCUT2D eigenvalue weighted by Crippen LogP contribution is -2.48. The van der Waals surface area contributed by atoms with Crippen LogP contribution in [0.4, 0.5) is 5.69 Å². The van der Waals surface area contributed by atoms with E-state index in [0.29, 0.717) is 13.1 Å². The van der Waals surface area contributed by atoms with Gasteiger partial charge in [0, 0.05) is 56.3 Å². The number of methoxy groups -OCH3 is 2. The Kier molecular flexibility index (Phi) is 4.89. The average Bonchev–Trinajstić information content (AvgIpc) is 3.06. The fraction of sp³-hybridized carbons (Fsp3) is 0.412. The van der Waals surface area contributed by atoms with Gasteiger partial charge in [-0.2, -0.15) is 0 Å². The number of anilines is 1. The molecule has 0 saturated carbocycles. The third-order valence-corrected chi connectivity index (χ3v) is 5.10. The predicted molar refractivity (Wildman–Crippen MR) is 94.5 cm³/mol. The normalized spacial score (nSPS) is 14.6. The summed E-state index contributed by atoms with van der Waals surface area (Å²) >= 11 is 1.27. The molecule has 0 radical (unpaired) electrons. The van der Waals surface area contributed by atoms with Crippen molar-refractivity contribution < 1.29 is 14.3 Å². The van der Waals surface area contributed by atoms with Crippen LogP contribution < -0.4 is 14.4 Å². The van der Waals surface area contributed by atoms with Gasteiger partial charge in [0.2, 0.25) is 0 Å². The summed E-state index contributed by atoms with van der Waals surface area (Å²) < 4.78 is 14.8. The molecule has 24 heavy (non-hydrogen) atoms. The number of piperazine rings is 1. The Balaban J connectivity index is 1.69. The number of carbonyl (C=O) groups is 1. The van der Waals surface area contributed by atoms with E-state index in [4.69, 9.17) is 9.47 Å². The first-order chi connectivity index (χ1) is 11.6. The van der Waals surface area contributed by atoms with Crippen molar-refractivity contribution in [3.8, 4) is 11.5 Å². The Labute approximate surface area is 145 Å². The Morgan fingerprint density at radius 3 is 2.21 bits per heavy atom. The number of benzene rings is 1. The van der Waals surface area contributed by atoms with E-state index in [0.717, 1.165) is 40.7 Å². The lowest BCUT2D eigenvalue weighted by Gasteiger charge is -2.36. The molecule has 0 bridgehead atoms.